The number of aromatic nitrogens is 2. The molecule has 0 saturated heterocycles. The number of aryl methyl sites for hydroxylation is 1. The van der Waals surface area contributed by atoms with Crippen LogP contribution in [0.1, 0.15) is 23.6 Å². The van der Waals surface area contributed by atoms with Crippen molar-refractivity contribution in [3.05, 3.63) is 77.5 Å². The van der Waals surface area contributed by atoms with Crippen LogP contribution in [0.25, 0.3) is 11.3 Å². The number of hydrogen-bond donors (Lipinski definition) is 3. The zero-order valence-electron chi connectivity index (χ0n) is 16.1. The molecule has 3 N–H and O–H groups in total. The molecule has 146 valence electrons. The Morgan fingerprint density at radius 1 is 1.14 bits per heavy atom. The van der Waals surface area contributed by atoms with Crippen molar-refractivity contribution in [3.63, 3.8) is 0 Å². The van der Waals surface area contributed by atoms with Gasteiger partial charge in [-0.3, -0.25) is 4.68 Å². The van der Waals surface area contributed by atoms with Crippen LogP contribution in [0, 0.1) is 6.92 Å². The lowest BCUT2D eigenvalue weighted by atomic mass is 10.1. The summed E-state index contributed by atoms with van der Waals surface area (Å²) in [5.74, 6) is -1.25. The monoisotopic (exact) mass is 379 g/mol. The third-order valence-electron chi connectivity index (χ3n) is 4.60. The van der Waals surface area contributed by atoms with Gasteiger partial charge in [0.2, 0.25) is 0 Å². The highest BCUT2D eigenvalue weighted by Crippen LogP contribution is 2.23. The summed E-state index contributed by atoms with van der Waals surface area (Å²) in [5.41, 5.74) is 3.29. The maximum Gasteiger partial charge on any atom is 0.336 e. The molecule has 0 radical (unpaired) electrons. The molecule has 0 spiro atoms. The lowest BCUT2D eigenvalue weighted by Crippen LogP contribution is -2.44. The second-order valence-corrected chi connectivity index (χ2v) is 7.23. The zero-order valence-corrected chi connectivity index (χ0v) is 16.1. The molecule has 0 amide bonds. The fourth-order valence-electron chi connectivity index (χ4n) is 2.91. The minimum atomic E-state index is -1.82. The summed E-state index contributed by atoms with van der Waals surface area (Å²) in [6.07, 6.45) is 1.96. The maximum absolute atomic E-state index is 11.1. The molecule has 0 fully saturated rings. The first-order valence-corrected chi connectivity index (χ1v) is 9.19. The van der Waals surface area contributed by atoms with E-state index in [0.29, 0.717) is 13.1 Å². The van der Waals surface area contributed by atoms with E-state index in [-0.39, 0.29) is 6.54 Å². The Balaban J connectivity index is 1.83. The van der Waals surface area contributed by atoms with Crippen molar-refractivity contribution >= 4 is 5.97 Å². The molecule has 2 aromatic carbocycles. The van der Waals surface area contributed by atoms with Crippen molar-refractivity contribution < 1.29 is 15.0 Å². The largest absolute Gasteiger partial charge is 0.479 e. The van der Waals surface area contributed by atoms with Gasteiger partial charge in [0.1, 0.15) is 0 Å². The van der Waals surface area contributed by atoms with Crippen LogP contribution in [0.2, 0.25) is 0 Å². The Labute approximate surface area is 164 Å². The molecule has 0 aliphatic rings. The van der Waals surface area contributed by atoms with Crippen molar-refractivity contribution in [2.45, 2.75) is 32.5 Å². The van der Waals surface area contributed by atoms with Gasteiger partial charge in [0, 0.05) is 30.4 Å². The van der Waals surface area contributed by atoms with E-state index in [1.807, 2.05) is 60.3 Å². The number of benzene rings is 2. The molecule has 1 unspecified atom stereocenters. The van der Waals surface area contributed by atoms with Gasteiger partial charge in [-0.1, -0.05) is 60.2 Å². The van der Waals surface area contributed by atoms with Crippen LogP contribution in [-0.4, -0.2) is 38.1 Å². The summed E-state index contributed by atoms with van der Waals surface area (Å²) in [6.45, 7) is 4.31. The molecule has 0 aliphatic carbocycles. The number of nitrogens with one attached hydrogen (secondary N) is 1. The predicted molar refractivity (Wildman–Crippen MR) is 108 cm³/mol. The minimum Gasteiger partial charge on any atom is -0.479 e. The number of carboxylic acids is 1. The summed E-state index contributed by atoms with van der Waals surface area (Å²) in [5, 5.41) is 26.8. The van der Waals surface area contributed by atoms with Crippen LogP contribution in [0.15, 0.2) is 60.8 Å². The van der Waals surface area contributed by atoms with Crippen LogP contribution < -0.4 is 5.32 Å². The highest BCUT2D eigenvalue weighted by atomic mass is 16.4. The molecular weight excluding hydrogens is 354 g/mol. The van der Waals surface area contributed by atoms with Crippen molar-refractivity contribution in [2.24, 2.45) is 0 Å². The number of nitrogens with zero attached hydrogens (tertiary/aromatic N) is 2. The first-order valence-electron chi connectivity index (χ1n) is 9.19. The van der Waals surface area contributed by atoms with E-state index in [1.165, 1.54) is 12.5 Å². The lowest BCUT2D eigenvalue weighted by molar-refractivity contribution is -0.156. The number of aliphatic carboxylic acids is 1. The molecule has 0 saturated carbocycles. The van der Waals surface area contributed by atoms with Gasteiger partial charge in [-0.15, -0.1) is 0 Å². The highest BCUT2D eigenvalue weighted by molar-refractivity contribution is 5.76. The zero-order chi connectivity index (χ0) is 20.1. The topological polar surface area (TPSA) is 87.4 Å². The molecule has 1 atom stereocenters. The summed E-state index contributed by atoms with van der Waals surface area (Å²) >= 11 is 0. The Hall–Kier alpha value is -2.96. The average Bonchev–Trinajstić information content (AvgIpc) is 3.05. The SMILES string of the molecule is Cc1ccc(-c2nn(Cc3ccccc3)cc2CNCC(C)(O)C(=O)O)cc1. The minimum absolute atomic E-state index is 0.0560. The lowest BCUT2D eigenvalue weighted by Gasteiger charge is -2.18. The second kappa shape index (κ2) is 8.37. The number of aliphatic hydroxyl groups is 1. The highest BCUT2D eigenvalue weighted by Gasteiger charge is 2.29. The van der Waals surface area contributed by atoms with Crippen molar-refractivity contribution in [3.8, 4) is 11.3 Å². The molecule has 0 aliphatic heterocycles. The summed E-state index contributed by atoms with van der Waals surface area (Å²) in [7, 11) is 0. The molecule has 6 nitrogen and oxygen atoms in total. The normalized spacial score (nSPS) is 13.2. The quantitative estimate of drug-likeness (QED) is 0.560. The molecule has 1 aromatic heterocycles. The Bertz CT molecular complexity index is 931. The summed E-state index contributed by atoms with van der Waals surface area (Å²) < 4.78 is 1.89. The average molecular weight is 379 g/mol. The van der Waals surface area contributed by atoms with E-state index in [4.69, 9.17) is 10.2 Å². The Morgan fingerprint density at radius 3 is 2.46 bits per heavy atom. The Kier molecular flexibility index (Phi) is 5.92. The van der Waals surface area contributed by atoms with Gasteiger partial charge in [-0.2, -0.15) is 5.10 Å². The van der Waals surface area contributed by atoms with Crippen molar-refractivity contribution in [2.75, 3.05) is 6.54 Å². The standard InChI is InChI=1S/C22H25N3O3/c1-16-8-10-18(11-9-16)20-19(12-23-15-22(2,28)21(26)27)14-25(24-20)13-17-6-4-3-5-7-17/h3-11,14,23,28H,12-13,15H2,1-2H3,(H,26,27). The van der Waals surface area contributed by atoms with Crippen molar-refractivity contribution in [1.29, 1.82) is 0 Å². The van der Waals surface area contributed by atoms with Crippen LogP contribution >= 0.6 is 0 Å². The van der Waals surface area contributed by atoms with Gasteiger partial charge < -0.3 is 15.5 Å². The van der Waals surface area contributed by atoms with E-state index in [1.54, 1.807) is 0 Å². The van der Waals surface area contributed by atoms with Crippen LogP contribution in [0.3, 0.4) is 0 Å². The molecule has 3 rings (SSSR count). The maximum atomic E-state index is 11.1. The molecule has 1 heterocycles. The Morgan fingerprint density at radius 2 is 1.82 bits per heavy atom. The first kappa shape index (κ1) is 19.8. The molecule has 28 heavy (non-hydrogen) atoms. The number of carboxylic acid groups (broad SMARTS) is 1. The van der Waals surface area contributed by atoms with E-state index >= 15 is 0 Å². The van der Waals surface area contributed by atoms with Gasteiger partial charge in [0.05, 0.1) is 12.2 Å². The number of hydrogen-bond acceptors (Lipinski definition) is 4. The van der Waals surface area contributed by atoms with E-state index in [0.717, 1.165) is 22.4 Å². The third-order valence-corrected chi connectivity index (χ3v) is 4.60. The van der Waals surface area contributed by atoms with Gasteiger partial charge in [-0.05, 0) is 19.4 Å². The van der Waals surface area contributed by atoms with Gasteiger partial charge >= 0.3 is 5.97 Å². The van der Waals surface area contributed by atoms with E-state index in [9.17, 15) is 9.90 Å². The number of carbonyl (C=O) groups is 1. The second-order valence-electron chi connectivity index (χ2n) is 7.23. The first-order chi connectivity index (χ1) is 13.3. The van der Waals surface area contributed by atoms with E-state index in [2.05, 4.69) is 17.4 Å². The van der Waals surface area contributed by atoms with Gasteiger partial charge in [0.25, 0.3) is 0 Å². The smallest absolute Gasteiger partial charge is 0.336 e. The van der Waals surface area contributed by atoms with Gasteiger partial charge in [-0.25, -0.2) is 4.79 Å². The van der Waals surface area contributed by atoms with Gasteiger partial charge in [0.15, 0.2) is 5.60 Å². The number of rotatable bonds is 8. The third kappa shape index (κ3) is 4.85. The molecule has 3 aromatic rings. The van der Waals surface area contributed by atoms with Crippen LogP contribution in [0.4, 0.5) is 0 Å². The molecule has 6 heteroatoms. The molecule has 0 bridgehead atoms. The summed E-state index contributed by atoms with van der Waals surface area (Å²) in [4.78, 5) is 11.1. The summed E-state index contributed by atoms with van der Waals surface area (Å²) in [6, 6.07) is 18.2. The van der Waals surface area contributed by atoms with Crippen LogP contribution in [0.5, 0.6) is 0 Å². The van der Waals surface area contributed by atoms with E-state index < -0.39 is 11.6 Å². The fraction of sp³-hybridized carbons (Fsp3) is 0.273. The fourth-order valence-corrected chi connectivity index (χ4v) is 2.91. The molecular formula is C22H25N3O3. The van der Waals surface area contributed by atoms with Crippen molar-refractivity contribution in [1.82, 2.24) is 15.1 Å². The predicted octanol–water partition coefficient (Wildman–Crippen LogP) is 2.83. The van der Waals surface area contributed by atoms with Crippen LogP contribution in [-0.2, 0) is 17.9 Å².